The number of ether oxygens (including phenoxy) is 1. The van der Waals surface area contributed by atoms with E-state index in [2.05, 4.69) is 32.5 Å². The van der Waals surface area contributed by atoms with Gasteiger partial charge in [0.05, 0.1) is 10.3 Å². The fourth-order valence-electron chi connectivity index (χ4n) is 2.89. The first-order valence-electron chi connectivity index (χ1n) is 7.38. The predicted octanol–water partition coefficient (Wildman–Crippen LogP) is 1.77. The maximum absolute atomic E-state index is 12.1. The van der Waals surface area contributed by atoms with Crippen molar-refractivity contribution in [1.82, 2.24) is 20.0 Å². The van der Waals surface area contributed by atoms with Crippen LogP contribution in [0.15, 0.2) is 15.7 Å². The predicted molar refractivity (Wildman–Crippen MR) is 88.8 cm³/mol. The second-order valence-corrected chi connectivity index (χ2v) is 7.76. The molecule has 24 heavy (non-hydrogen) atoms. The van der Waals surface area contributed by atoms with Crippen molar-refractivity contribution < 1.29 is 9.53 Å². The number of nitrogens with one attached hydrogen (secondary N) is 1. The minimum atomic E-state index is -0.228. The Kier molecular flexibility index (Phi) is 2.71. The summed E-state index contributed by atoms with van der Waals surface area (Å²) >= 11 is 2.90. The molecule has 0 atom stereocenters. The van der Waals surface area contributed by atoms with Crippen LogP contribution in [0, 0.1) is 17.3 Å². The molecule has 9 heteroatoms. The minimum absolute atomic E-state index is 0.148. The molecule has 120 valence electrons. The molecule has 3 heterocycles. The molecule has 2 aliphatic carbocycles. The summed E-state index contributed by atoms with van der Waals surface area (Å²) in [4.78, 5) is 17.7. The van der Waals surface area contributed by atoms with Crippen molar-refractivity contribution in [2.75, 3.05) is 12.4 Å². The van der Waals surface area contributed by atoms with E-state index in [0.717, 1.165) is 28.6 Å². The average Bonchev–Trinajstić information content (AvgIpc) is 3.22. The number of nitrogens with zero attached hydrogens (tertiary/aromatic N) is 4. The van der Waals surface area contributed by atoms with Gasteiger partial charge in [0, 0.05) is 14.1 Å². The summed E-state index contributed by atoms with van der Waals surface area (Å²) in [6, 6.07) is 0. The number of rotatable bonds is 1. The van der Waals surface area contributed by atoms with Crippen LogP contribution >= 0.6 is 23.1 Å². The van der Waals surface area contributed by atoms with E-state index in [4.69, 9.17) is 4.74 Å². The van der Waals surface area contributed by atoms with E-state index in [1.807, 2.05) is 0 Å². The van der Waals surface area contributed by atoms with Crippen molar-refractivity contribution in [3.05, 3.63) is 21.4 Å². The van der Waals surface area contributed by atoms with E-state index < -0.39 is 0 Å². The SMILES string of the molecule is CNc1c(C#Cc2nc3c(s2)OC2=C(S3)C3(CC3)C2=O)nnn1C. The van der Waals surface area contributed by atoms with Crippen molar-refractivity contribution >= 4 is 34.7 Å². The lowest BCUT2D eigenvalue weighted by molar-refractivity contribution is -0.123. The largest absolute Gasteiger partial charge is 0.439 e. The van der Waals surface area contributed by atoms with E-state index in [9.17, 15) is 4.79 Å². The zero-order valence-electron chi connectivity index (χ0n) is 12.8. The molecule has 2 aromatic heterocycles. The van der Waals surface area contributed by atoms with E-state index >= 15 is 0 Å². The molecule has 3 aliphatic rings. The zero-order chi connectivity index (χ0) is 16.5. The van der Waals surface area contributed by atoms with Gasteiger partial charge in [0.15, 0.2) is 27.3 Å². The fourth-order valence-corrected chi connectivity index (χ4v) is 5.05. The first-order valence-corrected chi connectivity index (χ1v) is 9.01. The van der Waals surface area contributed by atoms with Crippen LogP contribution in [0.1, 0.15) is 23.5 Å². The summed E-state index contributed by atoms with van der Waals surface area (Å²) in [7, 11) is 3.59. The third-order valence-electron chi connectivity index (χ3n) is 4.34. The molecular weight excluding hydrogens is 346 g/mol. The third-order valence-corrected chi connectivity index (χ3v) is 6.57. The summed E-state index contributed by atoms with van der Waals surface area (Å²) in [5.74, 6) is 7.40. The number of hydrogen-bond acceptors (Lipinski definition) is 8. The molecule has 7 nitrogen and oxygen atoms in total. The number of anilines is 1. The number of Topliss-reactive ketones (excluding diaryl/α,β-unsaturated/α-hetero) is 1. The average molecular weight is 357 g/mol. The van der Waals surface area contributed by atoms with E-state index in [0.29, 0.717) is 21.5 Å². The highest BCUT2D eigenvalue weighted by atomic mass is 32.2. The molecule has 0 aromatic carbocycles. The third kappa shape index (κ3) is 1.75. The number of thioether (sulfide) groups is 1. The van der Waals surface area contributed by atoms with Gasteiger partial charge in [-0.25, -0.2) is 9.67 Å². The Morgan fingerprint density at radius 2 is 2.21 bits per heavy atom. The van der Waals surface area contributed by atoms with Crippen LogP contribution in [0.3, 0.4) is 0 Å². The number of hydrogen-bond donors (Lipinski definition) is 1. The molecule has 1 spiro atoms. The van der Waals surface area contributed by atoms with Crippen LogP contribution in [-0.4, -0.2) is 32.8 Å². The Morgan fingerprint density at radius 3 is 2.96 bits per heavy atom. The second-order valence-electron chi connectivity index (χ2n) is 5.80. The van der Waals surface area contributed by atoms with Gasteiger partial charge < -0.3 is 10.1 Å². The standard InChI is InChI=1S/C15H11N5O2S2/c1-16-12-7(18-19-20(12)2)3-4-8-17-13-14(23-8)22-9-10(21)15(5-6-15)11(9)24-13/h16H,5-6H2,1-2H3. The Balaban J connectivity index is 1.44. The molecular formula is C15H11N5O2S2. The summed E-state index contributed by atoms with van der Waals surface area (Å²) in [6.07, 6.45) is 1.87. The topological polar surface area (TPSA) is 81.9 Å². The van der Waals surface area contributed by atoms with E-state index in [1.165, 1.54) is 11.3 Å². The maximum Gasteiger partial charge on any atom is 0.216 e. The van der Waals surface area contributed by atoms with Crippen LogP contribution < -0.4 is 10.1 Å². The number of carbonyl (C=O) groups excluding carboxylic acids is 1. The quantitative estimate of drug-likeness (QED) is 0.779. The van der Waals surface area contributed by atoms with Crippen LogP contribution in [0.2, 0.25) is 0 Å². The van der Waals surface area contributed by atoms with Crippen LogP contribution in [0.5, 0.6) is 5.06 Å². The number of aryl methyl sites for hydroxylation is 1. The number of carbonyl (C=O) groups is 1. The van der Waals surface area contributed by atoms with Gasteiger partial charge in [-0.3, -0.25) is 4.79 Å². The first-order chi connectivity index (χ1) is 11.6. The Labute approximate surface area is 145 Å². The van der Waals surface area contributed by atoms with Gasteiger partial charge in [-0.15, -0.1) is 5.10 Å². The highest BCUT2D eigenvalue weighted by Gasteiger charge is 2.65. The summed E-state index contributed by atoms with van der Waals surface area (Å²) in [6.45, 7) is 0. The van der Waals surface area contributed by atoms with Crippen molar-refractivity contribution in [3.8, 4) is 16.9 Å². The van der Waals surface area contributed by atoms with Gasteiger partial charge in [-0.1, -0.05) is 28.3 Å². The maximum atomic E-state index is 12.1. The molecule has 1 N–H and O–H groups in total. The monoisotopic (exact) mass is 357 g/mol. The number of allylic oxidation sites excluding steroid dienone is 2. The summed E-state index contributed by atoms with van der Waals surface area (Å²) < 4.78 is 7.38. The minimum Gasteiger partial charge on any atom is -0.439 e. The van der Waals surface area contributed by atoms with Crippen LogP contribution in [0.4, 0.5) is 5.82 Å². The summed E-state index contributed by atoms with van der Waals surface area (Å²) in [5, 5.41) is 13.1. The second kappa shape index (κ2) is 4.62. The number of thiazole rings is 1. The zero-order valence-corrected chi connectivity index (χ0v) is 14.5. The Morgan fingerprint density at radius 1 is 1.38 bits per heavy atom. The molecule has 0 radical (unpaired) electrons. The molecule has 0 amide bonds. The molecule has 0 unspecified atom stereocenters. The summed E-state index contributed by atoms with van der Waals surface area (Å²) in [5.41, 5.74) is 0.340. The Bertz CT molecular complexity index is 1000. The number of ketones is 1. The van der Waals surface area contributed by atoms with Gasteiger partial charge in [0.1, 0.15) is 0 Å². The van der Waals surface area contributed by atoms with E-state index in [1.54, 1.807) is 30.5 Å². The van der Waals surface area contributed by atoms with Crippen molar-refractivity contribution in [2.24, 2.45) is 12.5 Å². The van der Waals surface area contributed by atoms with E-state index in [-0.39, 0.29) is 11.2 Å². The fraction of sp³-hybridized carbons (Fsp3) is 0.333. The number of fused-ring (bicyclic) bond motifs is 2. The van der Waals surface area contributed by atoms with Crippen molar-refractivity contribution in [3.63, 3.8) is 0 Å². The van der Waals surface area contributed by atoms with Gasteiger partial charge in [0.2, 0.25) is 10.8 Å². The highest BCUT2D eigenvalue weighted by Crippen LogP contribution is 2.68. The van der Waals surface area contributed by atoms with Gasteiger partial charge in [0.25, 0.3) is 0 Å². The lowest BCUT2D eigenvalue weighted by Gasteiger charge is -2.32. The molecule has 1 saturated carbocycles. The smallest absolute Gasteiger partial charge is 0.216 e. The molecule has 0 bridgehead atoms. The number of aromatic nitrogens is 4. The van der Waals surface area contributed by atoms with Crippen LogP contribution in [-0.2, 0) is 11.8 Å². The molecule has 2 aromatic rings. The molecule has 0 saturated heterocycles. The first kappa shape index (κ1) is 14.1. The molecule has 5 rings (SSSR count). The normalized spacial score (nSPS) is 19.0. The van der Waals surface area contributed by atoms with Crippen molar-refractivity contribution in [2.45, 2.75) is 17.9 Å². The van der Waals surface area contributed by atoms with Gasteiger partial charge >= 0.3 is 0 Å². The van der Waals surface area contributed by atoms with Crippen molar-refractivity contribution in [1.29, 1.82) is 0 Å². The van der Waals surface area contributed by atoms with Gasteiger partial charge in [-0.05, 0) is 24.7 Å². The highest BCUT2D eigenvalue weighted by molar-refractivity contribution is 8.03. The molecule has 1 aliphatic heterocycles. The lowest BCUT2D eigenvalue weighted by atomic mass is 9.87. The van der Waals surface area contributed by atoms with Gasteiger partial charge in [-0.2, -0.15) is 0 Å². The lowest BCUT2D eigenvalue weighted by Crippen LogP contribution is -2.35. The molecule has 1 fully saturated rings. The Hall–Kier alpha value is -2.31. The van der Waals surface area contributed by atoms with Crippen LogP contribution in [0.25, 0.3) is 0 Å².